The lowest BCUT2D eigenvalue weighted by molar-refractivity contribution is 0.0183. The van der Waals surface area contributed by atoms with Gasteiger partial charge in [-0.05, 0) is 32.4 Å². The van der Waals surface area contributed by atoms with E-state index < -0.39 is 5.60 Å². The number of hydrogen-bond donors (Lipinski definition) is 0. The molecule has 1 amide bonds. The van der Waals surface area contributed by atoms with Crippen LogP contribution in [0.25, 0.3) is 0 Å². The first-order chi connectivity index (χ1) is 9.33. The van der Waals surface area contributed by atoms with Crippen molar-refractivity contribution in [3.8, 4) is 0 Å². The number of ether oxygens (including phenoxy) is 2. The van der Waals surface area contributed by atoms with Gasteiger partial charge in [0.1, 0.15) is 5.60 Å². The van der Waals surface area contributed by atoms with Crippen LogP contribution in [0.2, 0.25) is 0 Å². The van der Waals surface area contributed by atoms with E-state index in [-0.39, 0.29) is 6.09 Å². The second-order valence-electron chi connectivity index (χ2n) is 5.49. The van der Waals surface area contributed by atoms with E-state index >= 15 is 0 Å². The molecule has 0 saturated carbocycles. The minimum Gasteiger partial charge on any atom is -0.444 e. The maximum atomic E-state index is 12.2. The van der Waals surface area contributed by atoms with E-state index in [0.717, 1.165) is 10.0 Å². The van der Waals surface area contributed by atoms with Crippen LogP contribution in [-0.4, -0.2) is 36.9 Å². The van der Waals surface area contributed by atoms with Crippen LogP contribution >= 0.6 is 15.9 Å². The van der Waals surface area contributed by atoms with Crippen molar-refractivity contribution in [2.45, 2.75) is 32.9 Å². The molecule has 1 aromatic carbocycles. The summed E-state index contributed by atoms with van der Waals surface area (Å²) in [5, 5.41) is 0. The van der Waals surface area contributed by atoms with Crippen molar-refractivity contribution < 1.29 is 14.3 Å². The molecule has 20 heavy (non-hydrogen) atoms. The molecule has 0 bridgehead atoms. The van der Waals surface area contributed by atoms with Crippen molar-refractivity contribution in [1.82, 2.24) is 4.90 Å². The van der Waals surface area contributed by atoms with Crippen LogP contribution in [0.1, 0.15) is 26.3 Å². The molecule has 4 nitrogen and oxygen atoms in total. The first-order valence-corrected chi connectivity index (χ1v) is 7.33. The van der Waals surface area contributed by atoms with Crippen LogP contribution in [0.5, 0.6) is 0 Å². The number of amides is 1. The van der Waals surface area contributed by atoms with Crippen LogP contribution in [0.15, 0.2) is 28.7 Å². The molecule has 0 saturated heterocycles. The number of methoxy groups -OCH3 is 1. The third-order valence-corrected chi connectivity index (χ3v) is 3.31. The number of benzene rings is 1. The molecule has 1 rings (SSSR count). The van der Waals surface area contributed by atoms with Gasteiger partial charge in [0.2, 0.25) is 0 Å². The van der Waals surface area contributed by atoms with Crippen LogP contribution < -0.4 is 0 Å². The molecule has 1 aromatic rings. The fourth-order valence-electron chi connectivity index (χ4n) is 1.60. The number of rotatable bonds is 5. The summed E-state index contributed by atoms with van der Waals surface area (Å²) in [5.74, 6) is 0. The molecule has 0 aromatic heterocycles. The first-order valence-electron chi connectivity index (χ1n) is 6.54. The molecule has 0 unspecified atom stereocenters. The maximum absolute atomic E-state index is 12.2. The largest absolute Gasteiger partial charge is 0.444 e. The summed E-state index contributed by atoms with van der Waals surface area (Å²) in [7, 11) is 1.62. The van der Waals surface area contributed by atoms with E-state index in [2.05, 4.69) is 15.9 Å². The lowest BCUT2D eigenvalue weighted by atomic mass is 10.2. The lowest BCUT2D eigenvalue weighted by Gasteiger charge is -2.27. The highest BCUT2D eigenvalue weighted by Crippen LogP contribution is 2.19. The van der Waals surface area contributed by atoms with Gasteiger partial charge in [-0.25, -0.2) is 4.79 Å². The SMILES string of the molecule is COCCN(Cc1ccccc1Br)C(=O)OC(C)(C)C. The van der Waals surface area contributed by atoms with E-state index in [1.165, 1.54) is 0 Å². The Balaban J connectivity index is 2.79. The zero-order valence-electron chi connectivity index (χ0n) is 12.5. The smallest absolute Gasteiger partial charge is 0.410 e. The van der Waals surface area contributed by atoms with Gasteiger partial charge in [0, 0.05) is 18.1 Å². The van der Waals surface area contributed by atoms with Crippen molar-refractivity contribution in [3.05, 3.63) is 34.3 Å². The van der Waals surface area contributed by atoms with Gasteiger partial charge in [0.05, 0.1) is 13.2 Å². The van der Waals surface area contributed by atoms with Crippen LogP contribution in [0.4, 0.5) is 4.79 Å². The third kappa shape index (κ3) is 5.92. The summed E-state index contributed by atoms with van der Waals surface area (Å²) in [6.45, 7) is 7.03. The summed E-state index contributed by atoms with van der Waals surface area (Å²) in [6, 6.07) is 7.83. The summed E-state index contributed by atoms with van der Waals surface area (Å²) >= 11 is 3.49. The Morgan fingerprint density at radius 1 is 1.30 bits per heavy atom. The van der Waals surface area contributed by atoms with Gasteiger partial charge in [-0.3, -0.25) is 0 Å². The minimum absolute atomic E-state index is 0.328. The van der Waals surface area contributed by atoms with E-state index in [1.54, 1.807) is 12.0 Å². The van der Waals surface area contributed by atoms with E-state index in [0.29, 0.717) is 19.7 Å². The molecule has 0 spiro atoms. The van der Waals surface area contributed by atoms with Gasteiger partial charge >= 0.3 is 6.09 Å². The summed E-state index contributed by atoms with van der Waals surface area (Å²) in [4.78, 5) is 13.9. The normalized spacial score (nSPS) is 11.2. The van der Waals surface area contributed by atoms with Crippen molar-refractivity contribution in [3.63, 3.8) is 0 Å². The Morgan fingerprint density at radius 2 is 1.95 bits per heavy atom. The number of carbonyl (C=O) groups is 1. The number of halogens is 1. The summed E-state index contributed by atoms with van der Waals surface area (Å²) in [5.41, 5.74) is 0.533. The average Bonchev–Trinajstić information content (AvgIpc) is 2.34. The van der Waals surface area contributed by atoms with Gasteiger partial charge in [-0.2, -0.15) is 0 Å². The van der Waals surface area contributed by atoms with Crippen molar-refractivity contribution in [1.29, 1.82) is 0 Å². The molecule has 5 heteroatoms. The van der Waals surface area contributed by atoms with Gasteiger partial charge in [0.15, 0.2) is 0 Å². The molecule has 0 N–H and O–H groups in total. The fourth-order valence-corrected chi connectivity index (χ4v) is 2.01. The maximum Gasteiger partial charge on any atom is 0.410 e. The molecule has 0 atom stereocenters. The topological polar surface area (TPSA) is 38.8 Å². The summed E-state index contributed by atoms with van der Waals surface area (Å²) in [6.07, 6.45) is -0.328. The minimum atomic E-state index is -0.504. The monoisotopic (exact) mass is 343 g/mol. The lowest BCUT2D eigenvalue weighted by Crippen LogP contribution is -2.38. The van der Waals surface area contributed by atoms with Gasteiger partial charge in [0.25, 0.3) is 0 Å². The highest BCUT2D eigenvalue weighted by Gasteiger charge is 2.22. The average molecular weight is 344 g/mol. The summed E-state index contributed by atoms with van der Waals surface area (Å²) < 4.78 is 11.5. The molecule has 0 heterocycles. The fraction of sp³-hybridized carbons (Fsp3) is 0.533. The Hall–Kier alpha value is -1.07. The molecular formula is C15H22BrNO3. The molecule has 0 aliphatic rings. The first kappa shape index (κ1) is 17.0. The van der Waals surface area contributed by atoms with Crippen LogP contribution in [0.3, 0.4) is 0 Å². The highest BCUT2D eigenvalue weighted by molar-refractivity contribution is 9.10. The standard InChI is InChI=1S/C15H22BrNO3/c1-15(2,3)20-14(18)17(9-10-19-4)11-12-7-5-6-8-13(12)16/h5-8H,9-11H2,1-4H3. The highest BCUT2D eigenvalue weighted by atomic mass is 79.9. The van der Waals surface area contributed by atoms with Crippen molar-refractivity contribution in [2.75, 3.05) is 20.3 Å². The Labute approximate surface area is 129 Å². The van der Waals surface area contributed by atoms with E-state index in [4.69, 9.17) is 9.47 Å². The van der Waals surface area contributed by atoms with Crippen molar-refractivity contribution >= 4 is 22.0 Å². The Bertz CT molecular complexity index is 443. The van der Waals surface area contributed by atoms with E-state index in [9.17, 15) is 4.79 Å². The van der Waals surface area contributed by atoms with Gasteiger partial charge < -0.3 is 14.4 Å². The predicted molar refractivity (Wildman–Crippen MR) is 82.7 cm³/mol. The molecule has 0 aliphatic heterocycles. The zero-order chi connectivity index (χ0) is 15.2. The van der Waals surface area contributed by atoms with Gasteiger partial charge in [-0.15, -0.1) is 0 Å². The molecule has 0 fully saturated rings. The molecule has 0 radical (unpaired) electrons. The molecule has 112 valence electrons. The number of hydrogen-bond acceptors (Lipinski definition) is 3. The quantitative estimate of drug-likeness (QED) is 0.815. The number of carbonyl (C=O) groups excluding carboxylic acids is 1. The Kier molecular flexibility index (Phi) is 6.49. The Morgan fingerprint density at radius 3 is 2.50 bits per heavy atom. The van der Waals surface area contributed by atoms with E-state index in [1.807, 2.05) is 45.0 Å². The van der Waals surface area contributed by atoms with Crippen molar-refractivity contribution in [2.24, 2.45) is 0 Å². The van der Waals surface area contributed by atoms with Crippen LogP contribution in [-0.2, 0) is 16.0 Å². The number of nitrogens with zero attached hydrogens (tertiary/aromatic N) is 1. The second kappa shape index (κ2) is 7.64. The van der Waals surface area contributed by atoms with Crippen LogP contribution in [0, 0.1) is 0 Å². The molecular weight excluding hydrogens is 322 g/mol. The predicted octanol–water partition coefficient (Wildman–Crippen LogP) is 3.83. The second-order valence-corrected chi connectivity index (χ2v) is 6.34. The van der Waals surface area contributed by atoms with Gasteiger partial charge in [-0.1, -0.05) is 34.1 Å². The zero-order valence-corrected chi connectivity index (χ0v) is 14.1. The molecule has 0 aliphatic carbocycles. The third-order valence-electron chi connectivity index (χ3n) is 2.54.